The van der Waals surface area contributed by atoms with Crippen LogP contribution < -0.4 is 16.0 Å². The number of ether oxygens (including phenoxy) is 1. The van der Waals surface area contributed by atoms with Crippen molar-refractivity contribution in [1.29, 1.82) is 0 Å². The fourth-order valence-electron chi connectivity index (χ4n) is 1.42. The zero-order chi connectivity index (χ0) is 12.9. The van der Waals surface area contributed by atoms with Crippen LogP contribution in [-0.4, -0.2) is 15.6 Å². The second-order valence-corrected chi connectivity index (χ2v) is 4.62. The molecule has 0 saturated heterocycles. The Hall–Kier alpha value is -1.36. The first-order valence-corrected chi connectivity index (χ1v) is 6.03. The number of aromatic nitrogens is 2. The summed E-state index contributed by atoms with van der Waals surface area (Å²) in [5.74, 6) is 6.72. The third-order valence-electron chi connectivity index (χ3n) is 2.77. The number of nitrogens with one attached hydrogen (secondary N) is 1. The first kappa shape index (κ1) is 13.7. The summed E-state index contributed by atoms with van der Waals surface area (Å²) in [6.07, 6.45) is 4.21. The highest BCUT2D eigenvalue weighted by atomic mass is 16.5. The molecule has 0 radical (unpaired) electrons. The fraction of sp³-hybridized carbons (Fsp3) is 0.667. The van der Waals surface area contributed by atoms with Crippen LogP contribution in [0.25, 0.3) is 0 Å². The van der Waals surface area contributed by atoms with Gasteiger partial charge in [-0.1, -0.05) is 20.3 Å². The van der Waals surface area contributed by atoms with Gasteiger partial charge >= 0.3 is 0 Å². The van der Waals surface area contributed by atoms with Crippen molar-refractivity contribution >= 4 is 5.82 Å². The third-order valence-corrected chi connectivity index (χ3v) is 2.77. The van der Waals surface area contributed by atoms with Crippen molar-refractivity contribution < 1.29 is 4.74 Å². The average molecular weight is 238 g/mol. The molecule has 0 bridgehead atoms. The smallest absolute Gasteiger partial charge is 0.222 e. The van der Waals surface area contributed by atoms with Crippen molar-refractivity contribution in [3.05, 3.63) is 11.9 Å². The number of nitrogens with two attached hydrogens (primary N) is 1. The Balaban J connectivity index is 3.05. The van der Waals surface area contributed by atoms with Crippen molar-refractivity contribution in [3.8, 4) is 5.88 Å². The van der Waals surface area contributed by atoms with E-state index in [9.17, 15) is 0 Å². The molecule has 0 saturated carbocycles. The molecule has 0 unspecified atom stereocenters. The molecule has 0 aliphatic heterocycles. The van der Waals surface area contributed by atoms with Gasteiger partial charge in [0.15, 0.2) is 0 Å². The summed E-state index contributed by atoms with van der Waals surface area (Å²) >= 11 is 0. The van der Waals surface area contributed by atoms with Gasteiger partial charge in [-0.25, -0.2) is 15.8 Å². The lowest BCUT2D eigenvalue weighted by atomic mass is 10.1. The van der Waals surface area contributed by atoms with E-state index in [0.29, 0.717) is 11.7 Å². The molecule has 0 fully saturated rings. The largest absolute Gasteiger partial charge is 0.471 e. The molecule has 96 valence electrons. The summed E-state index contributed by atoms with van der Waals surface area (Å²) in [4.78, 5) is 8.32. The minimum Gasteiger partial charge on any atom is -0.471 e. The molecule has 3 N–H and O–H groups in total. The van der Waals surface area contributed by atoms with Gasteiger partial charge in [0, 0.05) is 0 Å². The van der Waals surface area contributed by atoms with E-state index in [-0.39, 0.29) is 5.60 Å². The molecule has 0 amide bonds. The summed E-state index contributed by atoms with van der Waals surface area (Å²) < 4.78 is 5.93. The number of hydrazine groups is 1. The summed E-state index contributed by atoms with van der Waals surface area (Å²) in [5.41, 5.74) is 3.30. The maximum Gasteiger partial charge on any atom is 0.222 e. The van der Waals surface area contributed by atoms with Gasteiger partial charge in [-0.05, 0) is 26.7 Å². The van der Waals surface area contributed by atoms with Crippen LogP contribution in [-0.2, 0) is 6.42 Å². The number of hydrogen-bond donors (Lipinski definition) is 2. The number of nitrogen functional groups attached to an aromatic ring is 1. The first-order chi connectivity index (χ1) is 8.04. The molecule has 1 aromatic rings. The maximum atomic E-state index is 5.93. The van der Waals surface area contributed by atoms with Crippen molar-refractivity contribution in [2.75, 3.05) is 5.43 Å². The van der Waals surface area contributed by atoms with Crippen LogP contribution in [0.1, 0.15) is 46.1 Å². The lowest BCUT2D eigenvalue weighted by Gasteiger charge is -2.25. The van der Waals surface area contributed by atoms with Crippen LogP contribution in [0.5, 0.6) is 5.88 Å². The van der Waals surface area contributed by atoms with Gasteiger partial charge in [0.2, 0.25) is 5.88 Å². The first-order valence-electron chi connectivity index (χ1n) is 6.03. The lowest BCUT2D eigenvalue weighted by Crippen LogP contribution is -2.28. The van der Waals surface area contributed by atoms with Crippen LogP contribution in [0.4, 0.5) is 5.82 Å². The maximum absolute atomic E-state index is 5.93. The molecule has 1 rings (SSSR count). The highest BCUT2D eigenvalue weighted by molar-refractivity contribution is 5.47. The van der Waals surface area contributed by atoms with Crippen molar-refractivity contribution in [1.82, 2.24) is 9.97 Å². The van der Waals surface area contributed by atoms with E-state index < -0.39 is 0 Å². The molecule has 17 heavy (non-hydrogen) atoms. The van der Waals surface area contributed by atoms with Crippen molar-refractivity contribution in [2.24, 2.45) is 5.84 Å². The van der Waals surface area contributed by atoms with Gasteiger partial charge in [-0.3, -0.25) is 0 Å². The van der Waals surface area contributed by atoms with E-state index in [4.69, 9.17) is 10.6 Å². The van der Waals surface area contributed by atoms with Gasteiger partial charge in [0.25, 0.3) is 0 Å². The topological polar surface area (TPSA) is 73.1 Å². The molecule has 1 heterocycles. The van der Waals surface area contributed by atoms with Crippen LogP contribution in [0.15, 0.2) is 6.33 Å². The fourth-order valence-corrected chi connectivity index (χ4v) is 1.42. The normalized spacial score (nSPS) is 11.4. The van der Waals surface area contributed by atoms with Gasteiger partial charge in [-0.15, -0.1) is 0 Å². The Bertz CT molecular complexity index is 366. The SMILES string of the molecule is CCCc1c(NN)ncnc1OC(C)(C)CC. The quantitative estimate of drug-likeness (QED) is 0.587. The van der Waals surface area contributed by atoms with Gasteiger partial charge in [0.05, 0.1) is 5.56 Å². The second kappa shape index (κ2) is 5.82. The third kappa shape index (κ3) is 3.56. The molecular formula is C12H22N4O. The van der Waals surface area contributed by atoms with Gasteiger partial charge in [0.1, 0.15) is 17.7 Å². The highest BCUT2D eigenvalue weighted by Crippen LogP contribution is 2.27. The summed E-state index contributed by atoms with van der Waals surface area (Å²) in [5, 5.41) is 0. The molecule has 5 nitrogen and oxygen atoms in total. The average Bonchev–Trinajstić information content (AvgIpc) is 2.31. The Morgan fingerprint density at radius 2 is 2.06 bits per heavy atom. The Morgan fingerprint density at radius 1 is 1.35 bits per heavy atom. The Kier molecular flexibility index (Phi) is 4.69. The number of anilines is 1. The van der Waals surface area contributed by atoms with E-state index in [1.54, 1.807) is 0 Å². The van der Waals surface area contributed by atoms with E-state index >= 15 is 0 Å². The van der Waals surface area contributed by atoms with E-state index in [1.165, 1.54) is 6.33 Å². The van der Waals surface area contributed by atoms with Crippen molar-refractivity contribution in [3.63, 3.8) is 0 Å². The standard InChI is InChI=1S/C12H22N4O/c1-5-7-9-10(16-13)14-8-15-11(9)17-12(3,4)6-2/h8H,5-7,13H2,1-4H3,(H,14,15,16). The molecule has 0 aromatic carbocycles. The second-order valence-electron chi connectivity index (χ2n) is 4.62. The summed E-state index contributed by atoms with van der Waals surface area (Å²) in [7, 11) is 0. The zero-order valence-electron chi connectivity index (χ0n) is 11.1. The van der Waals surface area contributed by atoms with Crippen LogP contribution >= 0.6 is 0 Å². The molecular weight excluding hydrogens is 216 g/mol. The summed E-state index contributed by atoms with van der Waals surface area (Å²) in [6.45, 7) is 8.27. The minimum atomic E-state index is -0.233. The zero-order valence-corrected chi connectivity index (χ0v) is 11.1. The molecule has 5 heteroatoms. The monoisotopic (exact) mass is 238 g/mol. The highest BCUT2D eigenvalue weighted by Gasteiger charge is 2.21. The molecule has 0 spiro atoms. The molecule has 0 aliphatic carbocycles. The van der Waals surface area contributed by atoms with E-state index in [1.807, 2.05) is 13.8 Å². The predicted octanol–water partition coefficient (Wildman–Crippen LogP) is 2.28. The van der Waals surface area contributed by atoms with Gasteiger partial charge < -0.3 is 10.2 Å². The predicted molar refractivity (Wildman–Crippen MR) is 68.8 cm³/mol. The molecule has 0 atom stereocenters. The lowest BCUT2D eigenvalue weighted by molar-refractivity contribution is 0.0974. The molecule has 0 aliphatic rings. The number of rotatable bonds is 6. The Labute approximate surface area is 103 Å². The number of hydrogen-bond acceptors (Lipinski definition) is 5. The number of nitrogens with zero attached hydrogens (tertiary/aromatic N) is 2. The minimum absolute atomic E-state index is 0.233. The summed E-state index contributed by atoms with van der Waals surface area (Å²) in [6, 6.07) is 0. The van der Waals surface area contributed by atoms with Crippen molar-refractivity contribution in [2.45, 2.75) is 52.6 Å². The van der Waals surface area contributed by atoms with Crippen LogP contribution in [0, 0.1) is 0 Å². The van der Waals surface area contributed by atoms with Crippen LogP contribution in [0.3, 0.4) is 0 Å². The molecule has 1 aromatic heterocycles. The van der Waals surface area contributed by atoms with E-state index in [2.05, 4.69) is 29.2 Å². The Morgan fingerprint density at radius 3 is 2.59 bits per heavy atom. The van der Waals surface area contributed by atoms with E-state index in [0.717, 1.165) is 24.8 Å². The van der Waals surface area contributed by atoms with Crippen LogP contribution in [0.2, 0.25) is 0 Å². The van der Waals surface area contributed by atoms with Gasteiger partial charge in [-0.2, -0.15) is 0 Å².